The van der Waals surface area contributed by atoms with Gasteiger partial charge in [0.1, 0.15) is 18.1 Å². The zero-order chi connectivity index (χ0) is 26.4. The highest BCUT2D eigenvalue weighted by molar-refractivity contribution is 6.53. The van der Waals surface area contributed by atoms with Crippen LogP contribution < -0.4 is 4.74 Å². The number of amides is 2. The molecule has 38 heavy (non-hydrogen) atoms. The van der Waals surface area contributed by atoms with Crippen LogP contribution in [-0.2, 0) is 14.2 Å². The predicted octanol–water partition coefficient (Wildman–Crippen LogP) is 4.86. The lowest BCUT2D eigenvalue weighted by Crippen LogP contribution is -2.46. The van der Waals surface area contributed by atoms with E-state index >= 15 is 0 Å². The highest BCUT2D eigenvalue weighted by atomic mass is 35.5. The van der Waals surface area contributed by atoms with Crippen molar-refractivity contribution < 1.29 is 29.1 Å². The summed E-state index contributed by atoms with van der Waals surface area (Å²) in [7, 11) is -1.26. The van der Waals surface area contributed by atoms with Crippen LogP contribution in [0.4, 0.5) is 0 Å². The van der Waals surface area contributed by atoms with Crippen LogP contribution in [0.25, 0.3) is 0 Å². The third-order valence-corrected chi connectivity index (χ3v) is 9.00. The number of nitrogens with zero attached hydrogens (tertiary/aromatic N) is 1. The fourth-order valence-corrected chi connectivity index (χ4v) is 7.23. The average Bonchev–Trinajstić information content (AvgIpc) is 3.17. The molecule has 0 radical (unpaired) electrons. The maximum absolute atomic E-state index is 13.9. The number of carbonyl (C=O) groups is 2. The van der Waals surface area contributed by atoms with Crippen molar-refractivity contribution in [3.8, 4) is 11.5 Å². The van der Waals surface area contributed by atoms with Gasteiger partial charge < -0.3 is 19.5 Å². The Labute approximate surface area is 227 Å². The lowest BCUT2D eigenvalue weighted by molar-refractivity contribution is -0.143. The Kier molecular flexibility index (Phi) is 6.97. The van der Waals surface area contributed by atoms with Crippen molar-refractivity contribution in [1.29, 1.82) is 0 Å². The monoisotopic (exact) mass is 535 g/mol. The molecule has 4 aliphatic rings. The minimum Gasteiger partial charge on any atom is -0.508 e. The summed E-state index contributed by atoms with van der Waals surface area (Å²) in [4.78, 5) is 29.2. The van der Waals surface area contributed by atoms with Crippen molar-refractivity contribution in [2.75, 3.05) is 6.61 Å². The van der Waals surface area contributed by atoms with E-state index < -0.39 is 25.1 Å². The molecule has 3 fully saturated rings. The molecule has 0 unspecified atom stereocenters. The topological polar surface area (TPSA) is 96.3 Å². The van der Waals surface area contributed by atoms with Gasteiger partial charge >= 0.3 is 7.12 Å². The first-order valence-electron chi connectivity index (χ1n) is 13.5. The Bertz CT molecular complexity index is 1260. The van der Waals surface area contributed by atoms with E-state index in [-0.39, 0.29) is 36.1 Å². The molecule has 198 valence electrons. The second kappa shape index (κ2) is 10.4. The molecule has 2 saturated heterocycles. The molecule has 0 spiro atoms. The number of halogens is 1. The summed E-state index contributed by atoms with van der Waals surface area (Å²) in [6, 6.07) is 14.0. The van der Waals surface area contributed by atoms with E-state index in [0.717, 1.165) is 37.7 Å². The van der Waals surface area contributed by atoms with Gasteiger partial charge in [0.05, 0.1) is 17.9 Å². The second-order valence-corrected chi connectivity index (χ2v) is 11.3. The minimum absolute atomic E-state index is 0.0356. The number of allylic oxidation sites excluding steroid dienone is 1. The van der Waals surface area contributed by atoms with Crippen molar-refractivity contribution in [2.45, 2.75) is 57.1 Å². The lowest BCUT2D eigenvalue weighted by atomic mass is 9.55. The fourth-order valence-electron chi connectivity index (χ4n) is 6.93. The van der Waals surface area contributed by atoms with Gasteiger partial charge in [0, 0.05) is 11.1 Å². The van der Waals surface area contributed by atoms with Crippen LogP contribution in [0.3, 0.4) is 0 Å². The molecule has 9 heteroatoms. The number of rotatable bonds is 5. The molecule has 4 atom stereocenters. The van der Waals surface area contributed by atoms with Gasteiger partial charge in [0.25, 0.3) is 0 Å². The molecule has 6 rings (SSSR count). The summed E-state index contributed by atoms with van der Waals surface area (Å²) in [5, 5.41) is 21.4. The van der Waals surface area contributed by atoms with Gasteiger partial charge in [-0.05, 0) is 72.5 Å². The standard InChI is InChI=1S/C29H31BClNO6/c31-24-14-19(33)11-12-21(24)25-15-22-26-23(28(34)32(29(26)35)18-7-3-1-4-8-18)13-17(27(22)30(36)38-25)16-37-20-9-5-2-6-10-20/h2,5-6,9-12,14,18,22-23,25-26,33,36H,1,3-4,7-8,13,15-16H2/t22-,23-,25-,26+/m0/s1. The van der Waals surface area contributed by atoms with Gasteiger partial charge in [0.2, 0.25) is 11.8 Å². The maximum Gasteiger partial charge on any atom is 0.487 e. The van der Waals surface area contributed by atoms with Crippen LogP contribution in [-0.4, -0.2) is 46.6 Å². The molecule has 2 aliphatic heterocycles. The number of carbonyl (C=O) groups excluding carboxylic acids is 2. The molecule has 2 N–H and O–H groups in total. The van der Waals surface area contributed by atoms with Gasteiger partial charge in [-0.1, -0.05) is 55.1 Å². The predicted molar refractivity (Wildman–Crippen MR) is 142 cm³/mol. The van der Waals surface area contributed by atoms with Crippen LogP contribution in [0.1, 0.15) is 56.6 Å². The van der Waals surface area contributed by atoms with E-state index in [1.54, 1.807) is 11.0 Å². The summed E-state index contributed by atoms with van der Waals surface area (Å²) < 4.78 is 12.1. The number of para-hydroxylation sites is 1. The van der Waals surface area contributed by atoms with E-state index in [0.29, 0.717) is 34.6 Å². The SMILES string of the molecule is O=C1[C@H]2[C@H](CC(COc3ccccc3)=C3B(O)O[C@H](c4ccc(O)cc4Cl)C[C@H]32)C(=O)N1C1CCCCC1. The Hall–Kier alpha value is -2.81. The molecule has 1 saturated carbocycles. The summed E-state index contributed by atoms with van der Waals surface area (Å²) in [5.41, 5.74) is 2.10. The molecule has 2 aliphatic carbocycles. The molecular formula is C29H31BClNO6. The number of hydrogen-bond donors (Lipinski definition) is 2. The number of likely N-dealkylation sites (tertiary alicyclic amines) is 1. The molecule has 0 aromatic heterocycles. The van der Waals surface area contributed by atoms with Gasteiger partial charge in [0.15, 0.2) is 0 Å². The third-order valence-electron chi connectivity index (χ3n) is 8.67. The molecule has 7 nitrogen and oxygen atoms in total. The third kappa shape index (κ3) is 4.53. The zero-order valence-electron chi connectivity index (χ0n) is 21.1. The minimum atomic E-state index is -1.26. The van der Waals surface area contributed by atoms with E-state index in [2.05, 4.69) is 0 Å². The van der Waals surface area contributed by atoms with Crippen LogP contribution in [0.5, 0.6) is 11.5 Å². The normalized spacial score (nSPS) is 27.9. The van der Waals surface area contributed by atoms with E-state index in [1.807, 2.05) is 30.3 Å². The number of aromatic hydroxyl groups is 1. The summed E-state index contributed by atoms with van der Waals surface area (Å²) in [6.45, 7) is 0.203. The molecule has 0 bridgehead atoms. The second-order valence-electron chi connectivity index (χ2n) is 10.9. The van der Waals surface area contributed by atoms with Crippen molar-refractivity contribution in [3.63, 3.8) is 0 Å². The lowest BCUT2D eigenvalue weighted by Gasteiger charge is -2.42. The number of hydrogen-bond acceptors (Lipinski definition) is 6. The van der Waals surface area contributed by atoms with E-state index in [1.165, 1.54) is 12.1 Å². The highest BCUT2D eigenvalue weighted by Crippen LogP contribution is 2.52. The Morgan fingerprint density at radius 3 is 2.53 bits per heavy atom. The van der Waals surface area contributed by atoms with Crippen LogP contribution >= 0.6 is 11.6 Å². The van der Waals surface area contributed by atoms with Crippen LogP contribution in [0, 0.1) is 17.8 Å². The van der Waals surface area contributed by atoms with Crippen LogP contribution in [0.15, 0.2) is 59.6 Å². The molecule has 2 amide bonds. The molecule has 2 aromatic rings. The average molecular weight is 536 g/mol. The molecule has 2 aromatic carbocycles. The van der Waals surface area contributed by atoms with Gasteiger partial charge in [-0.2, -0.15) is 0 Å². The number of benzene rings is 2. The zero-order valence-corrected chi connectivity index (χ0v) is 21.8. The molecular weight excluding hydrogens is 505 g/mol. The number of phenolic OH excluding ortho intramolecular Hbond substituents is 1. The largest absolute Gasteiger partial charge is 0.508 e. The maximum atomic E-state index is 13.9. The quantitative estimate of drug-likeness (QED) is 0.419. The summed E-state index contributed by atoms with van der Waals surface area (Å²) >= 11 is 6.44. The Morgan fingerprint density at radius 2 is 1.79 bits per heavy atom. The first kappa shape index (κ1) is 25.5. The van der Waals surface area contributed by atoms with Crippen molar-refractivity contribution >= 4 is 30.5 Å². The van der Waals surface area contributed by atoms with Crippen molar-refractivity contribution in [2.24, 2.45) is 17.8 Å². The van der Waals surface area contributed by atoms with Gasteiger partial charge in [-0.3, -0.25) is 14.5 Å². The first-order chi connectivity index (χ1) is 18.4. The summed E-state index contributed by atoms with van der Waals surface area (Å²) in [6.07, 6.45) is 5.04. The fraction of sp³-hybridized carbons (Fsp3) is 0.448. The van der Waals surface area contributed by atoms with E-state index in [9.17, 15) is 19.7 Å². The number of fused-ring (bicyclic) bond motifs is 3. The Balaban J connectivity index is 1.36. The Morgan fingerprint density at radius 1 is 1.03 bits per heavy atom. The van der Waals surface area contributed by atoms with Gasteiger partial charge in [-0.15, -0.1) is 0 Å². The highest BCUT2D eigenvalue weighted by Gasteiger charge is 2.59. The molecule has 2 heterocycles. The number of ether oxygens (including phenoxy) is 1. The summed E-state index contributed by atoms with van der Waals surface area (Å²) in [5.74, 6) is -0.895. The smallest absolute Gasteiger partial charge is 0.487 e. The number of imide groups is 1. The number of phenols is 1. The van der Waals surface area contributed by atoms with Crippen molar-refractivity contribution in [1.82, 2.24) is 4.90 Å². The van der Waals surface area contributed by atoms with Gasteiger partial charge in [-0.25, -0.2) is 0 Å². The van der Waals surface area contributed by atoms with E-state index in [4.69, 9.17) is 21.0 Å². The first-order valence-corrected chi connectivity index (χ1v) is 13.9. The van der Waals surface area contributed by atoms with Crippen LogP contribution in [0.2, 0.25) is 5.02 Å². The van der Waals surface area contributed by atoms with Crippen molar-refractivity contribution in [3.05, 3.63) is 70.2 Å².